The first-order chi connectivity index (χ1) is 14.5. The van der Waals surface area contributed by atoms with Crippen molar-refractivity contribution in [3.63, 3.8) is 0 Å². The Hall–Kier alpha value is -3.67. The van der Waals surface area contributed by atoms with Gasteiger partial charge in [-0.1, -0.05) is 36.4 Å². The van der Waals surface area contributed by atoms with Crippen molar-refractivity contribution in [3.8, 4) is 11.1 Å². The van der Waals surface area contributed by atoms with Crippen LogP contribution in [0.1, 0.15) is 26.3 Å². The number of carbonyl (C=O) groups is 3. The predicted octanol–water partition coefficient (Wildman–Crippen LogP) is 2.66. The molecule has 2 aliphatic rings. The van der Waals surface area contributed by atoms with Crippen LogP contribution in [0.25, 0.3) is 21.9 Å². The first-order valence-electron chi connectivity index (χ1n) is 9.99. The zero-order valence-electron chi connectivity index (χ0n) is 16.6. The maximum Gasteiger partial charge on any atom is 0.255 e. The highest BCUT2D eigenvalue weighted by molar-refractivity contribution is 6.11. The van der Waals surface area contributed by atoms with Crippen LogP contribution in [0.3, 0.4) is 0 Å². The van der Waals surface area contributed by atoms with E-state index in [2.05, 4.69) is 11.4 Å². The van der Waals surface area contributed by atoms with Gasteiger partial charge >= 0.3 is 0 Å². The van der Waals surface area contributed by atoms with E-state index in [0.29, 0.717) is 25.2 Å². The van der Waals surface area contributed by atoms with E-state index in [1.807, 2.05) is 48.5 Å². The summed E-state index contributed by atoms with van der Waals surface area (Å²) in [7, 11) is 1.80. The highest BCUT2D eigenvalue weighted by atomic mass is 16.2. The minimum Gasteiger partial charge on any atom is -0.353 e. The van der Waals surface area contributed by atoms with Crippen LogP contribution >= 0.6 is 0 Å². The number of hydrogen-bond acceptors (Lipinski definition) is 3. The SMILES string of the molecule is CN1Cc2cc(-c3ccc(C(=O)N4CCNC(=O)C4)c4ccccc34)ccc2C1=O. The Bertz CT molecular complexity index is 1220. The van der Waals surface area contributed by atoms with Gasteiger partial charge in [-0.3, -0.25) is 14.4 Å². The number of benzene rings is 3. The van der Waals surface area contributed by atoms with Crippen molar-refractivity contribution in [2.24, 2.45) is 0 Å². The number of amides is 3. The molecule has 3 aromatic rings. The molecule has 0 spiro atoms. The number of rotatable bonds is 2. The van der Waals surface area contributed by atoms with E-state index < -0.39 is 0 Å². The Kier molecular flexibility index (Phi) is 4.28. The smallest absolute Gasteiger partial charge is 0.255 e. The first kappa shape index (κ1) is 18.4. The van der Waals surface area contributed by atoms with Crippen molar-refractivity contribution >= 4 is 28.5 Å². The first-order valence-corrected chi connectivity index (χ1v) is 9.99. The maximum absolute atomic E-state index is 13.1. The maximum atomic E-state index is 13.1. The molecule has 0 atom stereocenters. The molecule has 6 nitrogen and oxygen atoms in total. The molecule has 3 aromatic carbocycles. The fourth-order valence-electron chi connectivity index (χ4n) is 4.35. The van der Waals surface area contributed by atoms with Gasteiger partial charge in [0.2, 0.25) is 5.91 Å². The van der Waals surface area contributed by atoms with E-state index in [4.69, 9.17) is 0 Å². The molecule has 150 valence electrons. The van der Waals surface area contributed by atoms with E-state index >= 15 is 0 Å². The Morgan fingerprint density at radius 3 is 2.50 bits per heavy atom. The lowest BCUT2D eigenvalue weighted by molar-refractivity contribution is -0.123. The number of fused-ring (bicyclic) bond motifs is 2. The average molecular weight is 399 g/mol. The molecule has 0 unspecified atom stereocenters. The number of carbonyl (C=O) groups excluding carboxylic acids is 3. The summed E-state index contributed by atoms with van der Waals surface area (Å²) in [6.45, 7) is 1.67. The minimum absolute atomic E-state index is 0.0490. The monoisotopic (exact) mass is 399 g/mol. The van der Waals surface area contributed by atoms with E-state index in [1.54, 1.807) is 16.8 Å². The molecule has 0 saturated carbocycles. The number of nitrogens with zero attached hydrogens (tertiary/aromatic N) is 2. The van der Waals surface area contributed by atoms with Crippen LogP contribution in [0.5, 0.6) is 0 Å². The van der Waals surface area contributed by atoms with Gasteiger partial charge in [0.25, 0.3) is 11.8 Å². The second-order valence-electron chi connectivity index (χ2n) is 7.82. The van der Waals surface area contributed by atoms with Crippen molar-refractivity contribution in [2.45, 2.75) is 6.54 Å². The molecule has 30 heavy (non-hydrogen) atoms. The van der Waals surface area contributed by atoms with Gasteiger partial charge in [0, 0.05) is 37.8 Å². The standard InChI is InChI=1S/C24H21N3O3/c1-26-13-16-12-15(6-7-18(16)23(26)29)17-8-9-21(20-5-3-2-4-19(17)20)24(30)27-11-10-25-22(28)14-27/h2-9,12H,10-11,13-14H2,1H3,(H,25,28). The topological polar surface area (TPSA) is 69.7 Å². The normalized spacial score (nSPS) is 16.0. The number of hydrogen-bond donors (Lipinski definition) is 1. The van der Waals surface area contributed by atoms with Crippen molar-refractivity contribution in [1.29, 1.82) is 0 Å². The van der Waals surface area contributed by atoms with Crippen LogP contribution in [0, 0.1) is 0 Å². The summed E-state index contributed by atoms with van der Waals surface area (Å²) >= 11 is 0. The highest BCUT2D eigenvalue weighted by Crippen LogP contribution is 2.34. The predicted molar refractivity (Wildman–Crippen MR) is 114 cm³/mol. The van der Waals surface area contributed by atoms with Gasteiger partial charge in [-0.2, -0.15) is 0 Å². The Morgan fingerprint density at radius 1 is 0.933 bits per heavy atom. The fraction of sp³-hybridized carbons (Fsp3) is 0.208. The van der Waals surface area contributed by atoms with Gasteiger partial charge in [0.1, 0.15) is 0 Å². The number of nitrogens with one attached hydrogen (secondary N) is 1. The summed E-state index contributed by atoms with van der Waals surface area (Å²) < 4.78 is 0. The zero-order valence-corrected chi connectivity index (χ0v) is 16.6. The van der Waals surface area contributed by atoms with Crippen LogP contribution in [-0.4, -0.2) is 54.2 Å². The summed E-state index contributed by atoms with van der Waals surface area (Å²) in [6.07, 6.45) is 0. The lowest BCUT2D eigenvalue weighted by atomic mass is 9.93. The van der Waals surface area contributed by atoms with E-state index in [-0.39, 0.29) is 24.3 Å². The van der Waals surface area contributed by atoms with Gasteiger partial charge in [-0.15, -0.1) is 0 Å². The van der Waals surface area contributed by atoms with Crippen LogP contribution in [-0.2, 0) is 11.3 Å². The lowest BCUT2D eigenvalue weighted by Crippen LogP contribution is -2.50. The Balaban J connectivity index is 1.59. The summed E-state index contributed by atoms with van der Waals surface area (Å²) in [6, 6.07) is 17.6. The fourth-order valence-corrected chi connectivity index (χ4v) is 4.35. The summed E-state index contributed by atoms with van der Waals surface area (Å²) in [5, 5.41) is 4.59. The van der Waals surface area contributed by atoms with Gasteiger partial charge < -0.3 is 15.1 Å². The molecule has 0 radical (unpaired) electrons. The van der Waals surface area contributed by atoms with Gasteiger partial charge in [0.15, 0.2) is 0 Å². The van der Waals surface area contributed by atoms with E-state index in [1.165, 1.54) is 0 Å². The molecule has 1 fully saturated rings. The molecule has 5 rings (SSSR count). The molecule has 0 aliphatic carbocycles. The van der Waals surface area contributed by atoms with E-state index in [0.717, 1.165) is 33.0 Å². The molecular formula is C24H21N3O3. The summed E-state index contributed by atoms with van der Waals surface area (Å²) in [4.78, 5) is 40.4. The molecular weight excluding hydrogens is 378 g/mol. The Morgan fingerprint density at radius 2 is 1.70 bits per heavy atom. The third-order valence-electron chi connectivity index (χ3n) is 5.88. The van der Waals surface area contributed by atoms with Crippen LogP contribution in [0.2, 0.25) is 0 Å². The molecule has 2 heterocycles. The van der Waals surface area contributed by atoms with Crippen LogP contribution in [0.4, 0.5) is 0 Å². The second-order valence-corrected chi connectivity index (χ2v) is 7.82. The van der Waals surface area contributed by atoms with Crippen molar-refractivity contribution in [2.75, 3.05) is 26.7 Å². The lowest BCUT2D eigenvalue weighted by Gasteiger charge is -2.27. The van der Waals surface area contributed by atoms with Gasteiger partial charge in [-0.05, 0) is 45.7 Å². The van der Waals surface area contributed by atoms with Crippen molar-refractivity contribution < 1.29 is 14.4 Å². The molecule has 1 N–H and O–H groups in total. The van der Waals surface area contributed by atoms with Crippen LogP contribution in [0.15, 0.2) is 54.6 Å². The molecule has 1 saturated heterocycles. The largest absolute Gasteiger partial charge is 0.353 e. The summed E-state index contributed by atoms with van der Waals surface area (Å²) in [5.41, 5.74) is 4.40. The molecule has 6 heteroatoms. The van der Waals surface area contributed by atoms with E-state index in [9.17, 15) is 14.4 Å². The zero-order chi connectivity index (χ0) is 20.8. The molecule has 0 bridgehead atoms. The third kappa shape index (κ3) is 2.92. The molecule has 3 amide bonds. The highest BCUT2D eigenvalue weighted by Gasteiger charge is 2.26. The van der Waals surface area contributed by atoms with Gasteiger partial charge in [0.05, 0.1) is 6.54 Å². The quantitative estimate of drug-likeness (QED) is 0.720. The van der Waals surface area contributed by atoms with Crippen LogP contribution < -0.4 is 5.32 Å². The third-order valence-corrected chi connectivity index (χ3v) is 5.88. The molecule has 2 aliphatic heterocycles. The summed E-state index contributed by atoms with van der Waals surface area (Å²) in [5.74, 6) is -0.213. The van der Waals surface area contributed by atoms with Crippen molar-refractivity contribution in [1.82, 2.24) is 15.1 Å². The van der Waals surface area contributed by atoms with Crippen molar-refractivity contribution in [3.05, 3.63) is 71.3 Å². The second kappa shape index (κ2) is 6.99. The van der Waals surface area contributed by atoms with Gasteiger partial charge in [-0.25, -0.2) is 0 Å². The average Bonchev–Trinajstić information content (AvgIpc) is 3.05. The molecule has 0 aromatic heterocycles. The minimum atomic E-state index is -0.131. The Labute approximate surface area is 174 Å². The number of piperazine rings is 1.